The highest BCUT2D eigenvalue weighted by Gasteiger charge is 2.31. The first-order valence-electron chi connectivity index (χ1n) is 17.1. The van der Waals surface area contributed by atoms with Crippen molar-refractivity contribution in [3.8, 4) is 0 Å². The van der Waals surface area contributed by atoms with Gasteiger partial charge in [-0.3, -0.25) is 4.79 Å². The summed E-state index contributed by atoms with van der Waals surface area (Å²) in [6.45, 7) is 7.24. The predicted molar refractivity (Wildman–Crippen MR) is 199 cm³/mol. The molecule has 52 heavy (non-hydrogen) atoms. The molecule has 4 aromatic carbocycles. The molecule has 0 bridgehead atoms. The number of rotatable bonds is 15. The van der Waals surface area contributed by atoms with Crippen LogP contribution in [-0.4, -0.2) is 50.0 Å². The standard InChI is InChI=1S/C26H30Cl2F3NO.C12H12N4O3/c1-3-5-10-32(11-6-4-2)12-9-25(33)23-16-22-21(14-18(27)15-24(22)28)20-13-17(26(29,30)31)7-8-19(20)23;17-11(14-8-10-4-2-1-3-5-10)9-15-7-6-13-12(15)16(18)19/h7-8,13-16,25,33H,3-6,9-12H2,1-2H3;1-7H,8-9H2,(H,14,17). The highest BCUT2D eigenvalue weighted by molar-refractivity contribution is 6.39. The van der Waals surface area contributed by atoms with Crippen molar-refractivity contribution < 1.29 is 28.0 Å². The fourth-order valence-corrected chi connectivity index (χ4v) is 6.37. The number of hydrogen-bond donors (Lipinski definition) is 2. The molecule has 0 spiro atoms. The van der Waals surface area contributed by atoms with Gasteiger partial charge in [-0.2, -0.15) is 13.2 Å². The summed E-state index contributed by atoms with van der Waals surface area (Å²) in [6, 6.07) is 18.0. The summed E-state index contributed by atoms with van der Waals surface area (Å²) >= 11 is 12.6. The molecule has 5 rings (SSSR count). The molecule has 1 amide bonds. The largest absolute Gasteiger partial charge is 0.435 e. The van der Waals surface area contributed by atoms with Crippen molar-refractivity contribution in [1.82, 2.24) is 19.8 Å². The van der Waals surface area contributed by atoms with Gasteiger partial charge in [-0.15, -0.1) is 0 Å². The fourth-order valence-electron chi connectivity index (χ4n) is 5.82. The van der Waals surface area contributed by atoms with Gasteiger partial charge in [-0.25, -0.2) is 4.57 Å². The minimum absolute atomic E-state index is 0.122. The lowest BCUT2D eigenvalue weighted by Gasteiger charge is -2.24. The van der Waals surface area contributed by atoms with Crippen molar-refractivity contribution >= 4 is 56.6 Å². The molecule has 0 saturated heterocycles. The Hall–Kier alpha value is -4.23. The predicted octanol–water partition coefficient (Wildman–Crippen LogP) is 9.75. The maximum Gasteiger partial charge on any atom is 0.435 e. The number of aromatic nitrogens is 2. The Balaban J connectivity index is 0.000000269. The second-order valence-electron chi connectivity index (χ2n) is 12.4. The number of aliphatic hydroxyl groups excluding tert-OH is 1. The second-order valence-corrected chi connectivity index (χ2v) is 13.3. The number of halogens is 5. The normalized spacial score (nSPS) is 12.2. The van der Waals surface area contributed by atoms with Crippen LogP contribution in [0, 0.1) is 10.1 Å². The van der Waals surface area contributed by atoms with Gasteiger partial charge in [0.2, 0.25) is 0 Å². The van der Waals surface area contributed by atoms with E-state index in [9.17, 15) is 33.2 Å². The Morgan fingerprint density at radius 3 is 2.27 bits per heavy atom. The number of imidazole rings is 1. The van der Waals surface area contributed by atoms with Crippen LogP contribution in [-0.2, 0) is 24.1 Å². The Morgan fingerprint density at radius 2 is 1.63 bits per heavy atom. The zero-order chi connectivity index (χ0) is 37.8. The number of nitro groups is 1. The lowest BCUT2D eigenvalue weighted by molar-refractivity contribution is -0.396. The van der Waals surface area contributed by atoms with Crippen molar-refractivity contribution in [3.05, 3.63) is 116 Å². The quantitative estimate of drug-likeness (QED) is 0.0624. The first-order chi connectivity index (χ1) is 24.8. The number of aliphatic hydroxyl groups is 1. The third kappa shape index (κ3) is 11.1. The van der Waals surface area contributed by atoms with E-state index in [1.165, 1.54) is 23.0 Å². The SMILES string of the molecule is CCCCN(CCCC)CCC(O)c1cc2c(Cl)cc(Cl)cc2c2cc(C(F)(F)F)ccc12.O=C(Cn1ccnc1[N+](=O)[O-])NCc1ccccc1. The zero-order valence-electron chi connectivity index (χ0n) is 29.0. The van der Waals surface area contributed by atoms with Crippen molar-refractivity contribution in [1.29, 1.82) is 0 Å². The molecular weight excluding hydrogens is 718 g/mol. The Bertz CT molecular complexity index is 1950. The van der Waals surface area contributed by atoms with Crippen LogP contribution in [0.3, 0.4) is 0 Å². The summed E-state index contributed by atoms with van der Waals surface area (Å²) < 4.78 is 41.5. The Morgan fingerprint density at radius 1 is 0.962 bits per heavy atom. The third-order valence-corrected chi connectivity index (χ3v) is 9.11. The van der Waals surface area contributed by atoms with Crippen LogP contribution >= 0.6 is 23.2 Å². The van der Waals surface area contributed by atoms with Crippen LogP contribution in [0.2, 0.25) is 10.0 Å². The van der Waals surface area contributed by atoms with Crippen LogP contribution in [0.15, 0.2) is 79.1 Å². The average Bonchev–Trinajstić information content (AvgIpc) is 3.58. The fraction of sp³-hybridized carbons (Fsp3) is 0.368. The molecule has 1 atom stereocenters. The van der Waals surface area contributed by atoms with Crippen LogP contribution in [0.4, 0.5) is 19.1 Å². The van der Waals surface area contributed by atoms with Gasteiger partial charge >= 0.3 is 12.1 Å². The number of fused-ring (bicyclic) bond motifs is 3. The highest BCUT2D eigenvalue weighted by Crippen LogP contribution is 2.40. The molecule has 0 saturated carbocycles. The van der Waals surface area contributed by atoms with E-state index < -0.39 is 22.8 Å². The van der Waals surface area contributed by atoms with Gasteiger partial charge in [0.25, 0.3) is 5.91 Å². The molecule has 0 radical (unpaired) electrons. The number of benzene rings is 4. The van der Waals surface area contributed by atoms with Crippen molar-refractivity contribution in [2.75, 3.05) is 19.6 Å². The van der Waals surface area contributed by atoms with Gasteiger partial charge in [0.15, 0.2) is 6.54 Å². The number of alkyl halides is 3. The van der Waals surface area contributed by atoms with E-state index in [2.05, 4.69) is 29.0 Å². The summed E-state index contributed by atoms with van der Waals surface area (Å²) in [7, 11) is 0. The molecule has 278 valence electrons. The van der Waals surface area contributed by atoms with Gasteiger partial charge in [0, 0.05) is 28.5 Å². The molecule has 0 aliphatic rings. The molecule has 1 heterocycles. The van der Waals surface area contributed by atoms with Gasteiger partial charge in [0.05, 0.1) is 11.7 Å². The maximum absolute atomic E-state index is 13.4. The molecule has 0 aliphatic carbocycles. The van der Waals surface area contributed by atoms with E-state index in [1.54, 1.807) is 18.2 Å². The van der Waals surface area contributed by atoms with E-state index in [0.29, 0.717) is 50.1 Å². The molecule has 9 nitrogen and oxygen atoms in total. The number of nitrogens with zero attached hydrogens (tertiary/aromatic N) is 4. The van der Waals surface area contributed by atoms with E-state index in [0.717, 1.165) is 63.0 Å². The minimum atomic E-state index is -4.48. The van der Waals surface area contributed by atoms with Crippen LogP contribution < -0.4 is 5.32 Å². The number of hydrogen-bond acceptors (Lipinski definition) is 6. The van der Waals surface area contributed by atoms with Crippen LogP contribution in [0.1, 0.15) is 68.7 Å². The first-order valence-corrected chi connectivity index (χ1v) is 17.9. The summed E-state index contributed by atoms with van der Waals surface area (Å²) in [5, 5.41) is 27.2. The van der Waals surface area contributed by atoms with E-state index >= 15 is 0 Å². The molecule has 1 unspecified atom stereocenters. The smallest absolute Gasteiger partial charge is 0.390 e. The molecule has 0 fully saturated rings. The lowest BCUT2D eigenvalue weighted by Crippen LogP contribution is -2.28. The number of unbranched alkanes of at least 4 members (excludes halogenated alkanes) is 2. The van der Waals surface area contributed by atoms with Crippen molar-refractivity contribution in [3.63, 3.8) is 0 Å². The lowest BCUT2D eigenvalue weighted by atomic mass is 9.92. The maximum atomic E-state index is 13.4. The molecule has 1 aromatic heterocycles. The summed E-state index contributed by atoms with van der Waals surface area (Å²) in [6.07, 6.45) is 2.27. The van der Waals surface area contributed by atoms with Crippen molar-refractivity contribution in [2.45, 2.75) is 71.3 Å². The average molecular weight is 761 g/mol. The molecule has 5 aromatic rings. The van der Waals surface area contributed by atoms with Gasteiger partial charge < -0.3 is 25.4 Å². The van der Waals surface area contributed by atoms with E-state index in [1.807, 2.05) is 30.3 Å². The molecular formula is C38H42Cl2F3N5O4. The molecule has 14 heteroatoms. The summed E-state index contributed by atoms with van der Waals surface area (Å²) in [5.74, 6) is -0.639. The number of nitrogens with one attached hydrogen (secondary N) is 1. The Labute approximate surface area is 310 Å². The van der Waals surface area contributed by atoms with Gasteiger partial charge in [-0.1, -0.05) is 91.3 Å². The molecule has 2 N–H and O–H groups in total. The van der Waals surface area contributed by atoms with E-state index in [-0.39, 0.29) is 18.4 Å². The van der Waals surface area contributed by atoms with Crippen LogP contribution in [0.5, 0.6) is 0 Å². The number of amides is 1. The summed E-state index contributed by atoms with van der Waals surface area (Å²) in [4.78, 5) is 27.6. The monoisotopic (exact) mass is 759 g/mol. The van der Waals surface area contributed by atoms with Gasteiger partial charge in [-0.05, 0) is 94.9 Å². The van der Waals surface area contributed by atoms with E-state index in [4.69, 9.17) is 23.2 Å². The minimum Gasteiger partial charge on any atom is -0.390 e. The van der Waals surface area contributed by atoms with Gasteiger partial charge in [0.1, 0.15) is 12.4 Å². The second kappa shape index (κ2) is 19.0. The summed E-state index contributed by atoms with van der Waals surface area (Å²) in [5.41, 5.74) is 0.807. The zero-order valence-corrected chi connectivity index (χ0v) is 30.5. The first kappa shape index (κ1) is 40.5. The Kier molecular flexibility index (Phi) is 14.8. The van der Waals surface area contributed by atoms with Crippen molar-refractivity contribution in [2.24, 2.45) is 0 Å². The third-order valence-electron chi connectivity index (χ3n) is 8.58. The molecule has 0 aliphatic heterocycles. The number of carbonyl (C=O) groups excluding carboxylic acids is 1. The highest BCUT2D eigenvalue weighted by atomic mass is 35.5. The topological polar surface area (TPSA) is 114 Å². The number of carbonyl (C=O) groups is 1. The van der Waals surface area contributed by atoms with Crippen LogP contribution in [0.25, 0.3) is 21.5 Å².